The summed E-state index contributed by atoms with van der Waals surface area (Å²) < 4.78 is 5.75. The van der Waals surface area contributed by atoms with Crippen LogP contribution in [0.4, 0.5) is 0 Å². The monoisotopic (exact) mass is 226 g/mol. The van der Waals surface area contributed by atoms with Gasteiger partial charge in [-0.25, -0.2) is 0 Å². The number of hydrogen-bond donors (Lipinski definition) is 0. The van der Waals surface area contributed by atoms with Gasteiger partial charge in [0.2, 0.25) is 0 Å². The minimum atomic E-state index is 0.0523. The molecule has 0 bridgehead atoms. The summed E-state index contributed by atoms with van der Waals surface area (Å²) in [5.41, 5.74) is 0.0523. The van der Waals surface area contributed by atoms with Crippen molar-refractivity contribution in [1.29, 1.82) is 0 Å². The molecule has 2 fully saturated rings. The Balaban J connectivity index is 1.75. The Hall–Kier alpha value is -0.120. The molecule has 0 aromatic carbocycles. The molecule has 16 heavy (non-hydrogen) atoms. The van der Waals surface area contributed by atoms with E-state index in [-0.39, 0.29) is 5.60 Å². The van der Waals surface area contributed by atoms with Crippen LogP contribution in [0.15, 0.2) is 0 Å². The first-order chi connectivity index (χ1) is 7.46. The third-order valence-corrected chi connectivity index (χ3v) is 3.53. The van der Waals surface area contributed by atoms with Gasteiger partial charge >= 0.3 is 0 Å². The van der Waals surface area contributed by atoms with E-state index in [9.17, 15) is 0 Å². The third kappa shape index (κ3) is 2.96. The van der Waals surface area contributed by atoms with Gasteiger partial charge < -0.3 is 4.74 Å². The molecule has 2 rings (SSSR count). The molecule has 0 aliphatic carbocycles. The van der Waals surface area contributed by atoms with E-state index in [0.29, 0.717) is 0 Å². The van der Waals surface area contributed by atoms with E-state index < -0.39 is 0 Å². The quantitative estimate of drug-likeness (QED) is 0.724. The average molecular weight is 226 g/mol. The van der Waals surface area contributed by atoms with Crippen LogP contribution in [0.3, 0.4) is 0 Å². The van der Waals surface area contributed by atoms with Crippen LogP contribution in [-0.2, 0) is 4.74 Å². The first-order valence-corrected chi connectivity index (χ1v) is 6.57. The van der Waals surface area contributed by atoms with Crippen molar-refractivity contribution in [3.63, 3.8) is 0 Å². The summed E-state index contributed by atoms with van der Waals surface area (Å²) in [6.07, 6.45) is 0. The summed E-state index contributed by atoms with van der Waals surface area (Å²) >= 11 is 0. The first-order valence-electron chi connectivity index (χ1n) is 6.57. The average Bonchev–Trinajstić information content (AvgIpc) is 2.08. The van der Waals surface area contributed by atoms with Gasteiger partial charge in [-0.05, 0) is 19.8 Å². The van der Waals surface area contributed by atoms with Gasteiger partial charge in [0, 0.05) is 38.8 Å². The number of likely N-dealkylation sites (tertiary alicyclic amines) is 1. The molecule has 0 saturated carbocycles. The number of ether oxygens (including phenoxy) is 1. The highest BCUT2D eigenvalue weighted by atomic mass is 16.5. The van der Waals surface area contributed by atoms with Crippen molar-refractivity contribution < 1.29 is 4.74 Å². The van der Waals surface area contributed by atoms with Gasteiger partial charge in [-0.1, -0.05) is 13.8 Å². The molecule has 0 atom stereocenters. The fraction of sp³-hybridized carbons (Fsp3) is 1.00. The molecule has 0 spiro atoms. The van der Waals surface area contributed by atoms with Crippen LogP contribution in [0.5, 0.6) is 0 Å². The molecule has 2 aliphatic heterocycles. The zero-order valence-electron chi connectivity index (χ0n) is 11.2. The summed E-state index contributed by atoms with van der Waals surface area (Å²) in [5.74, 6) is 0.794. The van der Waals surface area contributed by atoms with Crippen molar-refractivity contribution in [3.8, 4) is 0 Å². The van der Waals surface area contributed by atoms with Crippen LogP contribution in [0.25, 0.3) is 0 Å². The Morgan fingerprint density at radius 1 is 1.31 bits per heavy atom. The molecule has 0 aromatic rings. The highest BCUT2D eigenvalue weighted by Crippen LogP contribution is 2.23. The molecule has 0 amide bonds. The maximum Gasteiger partial charge on any atom is 0.0753 e. The summed E-state index contributed by atoms with van der Waals surface area (Å²) in [6.45, 7) is 15.9. The van der Waals surface area contributed by atoms with E-state index in [1.165, 1.54) is 19.6 Å². The van der Waals surface area contributed by atoms with Crippen LogP contribution in [0.2, 0.25) is 0 Å². The molecule has 2 heterocycles. The minimum absolute atomic E-state index is 0.0523. The molecule has 0 N–H and O–H groups in total. The highest BCUT2D eigenvalue weighted by molar-refractivity contribution is 4.92. The summed E-state index contributed by atoms with van der Waals surface area (Å²) in [5, 5.41) is 0. The maximum absolute atomic E-state index is 5.75. The summed E-state index contributed by atoms with van der Waals surface area (Å²) in [4.78, 5) is 5.18. The second-order valence-electron chi connectivity index (χ2n) is 6.34. The molecule has 3 heteroatoms. The predicted octanol–water partition coefficient (Wildman–Crippen LogP) is 1.44. The van der Waals surface area contributed by atoms with Crippen LogP contribution >= 0.6 is 0 Å². The lowest BCUT2D eigenvalue weighted by Gasteiger charge is -2.50. The normalized spacial score (nSPS) is 28.3. The van der Waals surface area contributed by atoms with Crippen molar-refractivity contribution in [3.05, 3.63) is 0 Å². The fourth-order valence-corrected chi connectivity index (χ4v) is 2.80. The fourth-order valence-electron chi connectivity index (χ4n) is 2.80. The zero-order chi connectivity index (χ0) is 11.8. The van der Waals surface area contributed by atoms with E-state index in [1.54, 1.807) is 0 Å². The largest absolute Gasteiger partial charge is 0.373 e. The van der Waals surface area contributed by atoms with E-state index in [4.69, 9.17) is 4.74 Å². The van der Waals surface area contributed by atoms with Gasteiger partial charge in [0.15, 0.2) is 0 Å². The van der Waals surface area contributed by atoms with Crippen molar-refractivity contribution >= 4 is 0 Å². The SMILES string of the molecule is CC(C)CN1CC(N2CCOC(C)(C)C2)C1. The Morgan fingerprint density at radius 3 is 2.56 bits per heavy atom. The summed E-state index contributed by atoms with van der Waals surface area (Å²) in [6, 6.07) is 0.780. The molecule has 3 nitrogen and oxygen atoms in total. The Kier molecular flexibility index (Phi) is 3.57. The van der Waals surface area contributed by atoms with Crippen molar-refractivity contribution in [1.82, 2.24) is 9.80 Å². The number of hydrogen-bond acceptors (Lipinski definition) is 3. The number of rotatable bonds is 3. The van der Waals surface area contributed by atoms with Crippen LogP contribution < -0.4 is 0 Å². The van der Waals surface area contributed by atoms with Gasteiger partial charge in [0.1, 0.15) is 0 Å². The van der Waals surface area contributed by atoms with Crippen LogP contribution in [-0.4, -0.2) is 60.8 Å². The van der Waals surface area contributed by atoms with E-state index in [1.807, 2.05) is 0 Å². The summed E-state index contributed by atoms with van der Waals surface area (Å²) in [7, 11) is 0. The maximum atomic E-state index is 5.75. The van der Waals surface area contributed by atoms with Crippen molar-refractivity contribution in [2.24, 2.45) is 5.92 Å². The van der Waals surface area contributed by atoms with E-state index in [2.05, 4.69) is 37.5 Å². The van der Waals surface area contributed by atoms with Gasteiger partial charge in [-0.15, -0.1) is 0 Å². The van der Waals surface area contributed by atoms with Gasteiger partial charge in [0.05, 0.1) is 12.2 Å². The minimum Gasteiger partial charge on any atom is -0.373 e. The Morgan fingerprint density at radius 2 is 2.00 bits per heavy atom. The zero-order valence-corrected chi connectivity index (χ0v) is 11.2. The number of nitrogens with zero attached hydrogens (tertiary/aromatic N) is 2. The molecular weight excluding hydrogens is 200 g/mol. The predicted molar refractivity (Wildman–Crippen MR) is 66.7 cm³/mol. The number of morpholine rings is 1. The van der Waals surface area contributed by atoms with E-state index in [0.717, 1.165) is 31.7 Å². The molecule has 2 saturated heterocycles. The van der Waals surface area contributed by atoms with Crippen LogP contribution in [0.1, 0.15) is 27.7 Å². The topological polar surface area (TPSA) is 15.7 Å². The highest BCUT2D eigenvalue weighted by Gasteiger charge is 2.36. The van der Waals surface area contributed by atoms with Crippen molar-refractivity contribution in [2.75, 3.05) is 39.3 Å². The van der Waals surface area contributed by atoms with Gasteiger partial charge in [0.25, 0.3) is 0 Å². The van der Waals surface area contributed by atoms with Crippen LogP contribution in [0, 0.1) is 5.92 Å². The third-order valence-electron chi connectivity index (χ3n) is 3.53. The second-order valence-corrected chi connectivity index (χ2v) is 6.34. The Labute approximate surface area is 99.7 Å². The second kappa shape index (κ2) is 4.63. The van der Waals surface area contributed by atoms with E-state index >= 15 is 0 Å². The lowest BCUT2D eigenvalue weighted by molar-refractivity contribution is -0.116. The lowest BCUT2D eigenvalue weighted by Crippen LogP contribution is -2.64. The van der Waals surface area contributed by atoms with Gasteiger partial charge in [-0.3, -0.25) is 9.80 Å². The first kappa shape index (κ1) is 12.3. The Bertz CT molecular complexity index is 234. The van der Waals surface area contributed by atoms with Crippen molar-refractivity contribution in [2.45, 2.75) is 39.3 Å². The molecular formula is C13H26N2O. The lowest BCUT2D eigenvalue weighted by atomic mass is 10.0. The molecule has 0 unspecified atom stereocenters. The smallest absolute Gasteiger partial charge is 0.0753 e. The molecule has 94 valence electrons. The molecule has 0 radical (unpaired) electrons. The molecule has 2 aliphatic rings. The standard InChI is InChI=1S/C13H26N2O/c1-11(2)7-14-8-12(9-14)15-5-6-16-13(3,4)10-15/h11-12H,5-10H2,1-4H3. The molecule has 0 aromatic heterocycles. The van der Waals surface area contributed by atoms with Gasteiger partial charge in [-0.2, -0.15) is 0 Å².